The zero-order valence-corrected chi connectivity index (χ0v) is 31.1. The smallest absolute Gasteiger partial charge is 0.351 e. The average molecular weight is 702 g/mol. The molecule has 0 fully saturated rings. The van der Waals surface area contributed by atoms with Crippen molar-refractivity contribution >= 4 is 57.2 Å². The molecule has 0 aliphatic rings. The van der Waals surface area contributed by atoms with Gasteiger partial charge in [-0.3, -0.25) is 5.41 Å². The number of aromatic nitrogens is 2. The van der Waals surface area contributed by atoms with Crippen molar-refractivity contribution in [1.29, 1.82) is 5.41 Å². The van der Waals surface area contributed by atoms with Gasteiger partial charge in [-0.2, -0.15) is 0 Å². The number of imidazole rings is 1. The van der Waals surface area contributed by atoms with E-state index in [0.717, 1.165) is 63.5 Å². The third-order valence-electron chi connectivity index (χ3n) is 8.67. The fourth-order valence-electron chi connectivity index (χ4n) is 5.91. The predicted molar refractivity (Wildman–Crippen MR) is 204 cm³/mol. The second-order valence-electron chi connectivity index (χ2n) is 12.0. The third kappa shape index (κ3) is 8.10. The largest absolute Gasteiger partial charge is 1.00 e. The van der Waals surface area contributed by atoms with E-state index in [1.807, 2.05) is 130 Å². The Morgan fingerprint density at radius 2 is 1.29 bits per heavy atom. The molecule has 0 aliphatic carbocycles. The molecule has 4 aromatic carbocycles. The van der Waals surface area contributed by atoms with Gasteiger partial charge < -0.3 is 31.5 Å². The fourth-order valence-corrected chi connectivity index (χ4v) is 5.91. The molecule has 0 amide bonds. The first-order valence-corrected chi connectivity index (χ1v) is 15.9. The second kappa shape index (κ2) is 16.5. The summed E-state index contributed by atoms with van der Waals surface area (Å²) in [6.07, 6.45) is 0. The number of para-hydroxylation sites is 2. The molecular weight excluding hydrogens is 655 g/mol. The molecule has 0 bridgehead atoms. The Hall–Kier alpha value is -4.79. The highest BCUT2D eigenvalue weighted by atomic mass is 35.5. The van der Waals surface area contributed by atoms with E-state index in [0.29, 0.717) is 16.9 Å². The van der Waals surface area contributed by atoms with E-state index in [4.69, 9.17) is 9.83 Å². The number of aryl methyl sites for hydroxylation is 2. The molecule has 2 heterocycles. The molecule has 8 nitrogen and oxygen atoms in total. The molecule has 49 heavy (non-hydrogen) atoms. The monoisotopic (exact) mass is 700 g/mol. The van der Waals surface area contributed by atoms with E-state index in [1.165, 1.54) is 0 Å². The van der Waals surface area contributed by atoms with Crippen LogP contribution in [0.15, 0.2) is 106 Å². The van der Waals surface area contributed by atoms with Crippen LogP contribution in [0.25, 0.3) is 33.4 Å². The summed E-state index contributed by atoms with van der Waals surface area (Å²) in [5.41, 5.74) is 8.81. The van der Waals surface area contributed by atoms with E-state index in [1.54, 1.807) is 0 Å². The average Bonchev–Trinajstić information content (AvgIpc) is 3.34. The number of nitrogens with one attached hydrogen (secondary N) is 1. The van der Waals surface area contributed by atoms with Gasteiger partial charge in [0.1, 0.15) is 5.58 Å². The number of anilines is 3. The van der Waals surface area contributed by atoms with Gasteiger partial charge in [0.25, 0.3) is 5.82 Å². The molecule has 0 spiro atoms. The van der Waals surface area contributed by atoms with Crippen molar-refractivity contribution in [3.63, 3.8) is 0 Å². The SMILES string of the molecule is CCN(CC)c1ccc2cc(-c3n(C)c4ccccc4[n+]3C)c(=O)oc2c1.CN(C)c1ccc(C(=N)c2ccc(N(C)C)cc2)cc1.Cl.[Cl-]. The van der Waals surface area contributed by atoms with Crippen LogP contribution < -0.4 is 37.3 Å². The molecule has 0 unspecified atom stereocenters. The maximum atomic E-state index is 12.8. The number of nitrogens with zero attached hydrogens (tertiary/aromatic N) is 5. The number of hydrogen-bond acceptors (Lipinski definition) is 6. The highest BCUT2D eigenvalue weighted by Crippen LogP contribution is 2.26. The molecule has 0 aliphatic heterocycles. The first-order chi connectivity index (χ1) is 22.5. The van der Waals surface area contributed by atoms with Crippen LogP contribution in [0.5, 0.6) is 0 Å². The van der Waals surface area contributed by atoms with Gasteiger partial charge in [-0.15, -0.1) is 12.4 Å². The maximum Gasteiger partial charge on any atom is 0.351 e. The summed E-state index contributed by atoms with van der Waals surface area (Å²) in [5, 5.41) is 9.22. The lowest BCUT2D eigenvalue weighted by Gasteiger charge is -2.20. The molecule has 2 aromatic heterocycles. The van der Waals surface area contributed by atoms with Crippen LogP contribution >= 0.6 is 12.4 Å². The Balaban J connectivity index is 0.000000266. The van der Waals surface area contributed by atoms with Crippen LogP contribution in [-0.4, -0.2) is 51.6 Å². The van der Waals surface area contributed by atoms with Crippen LogP contribution in [0.3, 0.4) is 0 Å². The lowest BCUT2D eigenvalue weighted by Crippen LogP contribution is -3.00. The van der Waals surface area contributed by atoms with Gasteiger partial charge in [-0.1, -0.05) is 36.4 Å². The van der Waals surface area contributed by atoms with Crippen LogP contribution in [0, 0.1) is 5.41 Å². The number of rotatable bonds is 8. The Morgan fingerprint density at radius 1 is 0.776 bits per heavy atom. The zero-order valence-electron chi connectivity index (χ0n) is 29.5. The van der Waals surface area contributed by atoms with E-state index in [2.05, 4.69) is 46.7 Å². The number of halogens is 2. The first kappa shape index (κ1) is 38.7. The van der Waals surface area contributed by atoms with E-state index in [9.17, 15) is 4.79 Å². The minimum atomic E-state index is -0.319. The minimum absolute atomic E-state index is 0. The van der Waals surface area contributed by atoms with Crippen molar-refractivity contribution in [2.24, 2.45) is 14.1 Å². The Bertz CT molecular complexity index is 1990. The molecule has 6 aromatic rings. The number of benzene rings is 4. The van der Waals surface area contributed by atoms with Crippen molar-refractivity contribution in [3.8, 4) is 11.4 Å². The van der Waals surface area contributed by atoms with Crippen molar-refractivity contribution in [2.75, 3.05) is 56.0 Å². The molecule has 0 saturated heterocycles. The Kier molecular flexibility index (Phi) is 13.1. The second-order valence-corrected chi connectivity index (χ2v) is 12.0. The van der Waals surface area contributed by atoms with Crippen molar-refractivity contribution < 1.29 is 21.4 Å². The molecule has 0 radical (unpaired) electrons. The summed E-state index contributed by atoms with van der Waals surface area (Å²) in [5.74, 6) is 0.833. The Labute approximate surface area is 301 Å². The van der Waals surface area contributed by atoms with Crippen LogP contribution in [0.2, 0.25) is 0 Å². The van der Waals surface area contributed by atoms with Gasteiger partial charge in [-0.05, 0) is 68.4 Å². The zero-order chi connectivity index (χ0) is 33.8. The topological polar surface area (TPSA) is 72.6 Å². The first-order valence-electron chi connectivity index (χ1n) is 15.9. The summed E-state index contributed by atoms with van der Waals surface area (Å²) in [6, 6.07) is 32.3. The van der Waals surface area contributed by atoms with Gasteiger partial charge in [0.05, 0.1) is 19.8 Å². The van der Waals surface area contributed by atoms with Gasteiger partial charge in [0.15, 0.2) is 16.6 Å². The summed E-state index contributed by atoms with van der Waals surface area (Å²) >= 11 is 0. The van der Waals surface area contributed by atoms with Crippen LogP contribution in [-0.2, 0) is 14.1 Å². The summed E-state index contributed by atoms with van der Waals surface area (Å²) in [7, 11) is 12.0. The highest BCUT2D eigenvalue weighted by Gasteiger charge is 2.25. The molecule has 6 rings (SSSR count). The van der Waals surface area contributed by atoms with Crippen molar-refractivity contribution in [1.82, 2.24) is 4.57 Å². The van der Waals surface area contributed by atoms with Gasteiger partial charge in [0, 0.05) is 80.9 Å². The third-order valence-corrected chi connectivity index (χ3v) is 8.67. The molecule has 0 atom stereocenters. The summed E-state index contributed by atoms with van der Waals surface area (Å²) < 4.78 is 9.80. The molecule has 1 N–H and O–H groups in total. The molecular formula is C39H46Cl2N6O2. The molecule has 0 saturated carbocycles. The predicted octanol–water partition coefficient (Wildman–Crippen LogP) is 4.28. The summed E-state index contributed by atoms with van der Waals surface area (Å²) in [4.78, 5) is 19.2. The van der Waals surface area contributed by atoms with E-state index >= 15 is 0 Å². The van der Waals surface area contributed by atoms with Crippen molar-refractivity contribution in [3.05, 3.63) is 119 Å². The normalized spacial score (nSPS) is 10.4. The van der Waals surface area contributed by atoms with Gasteiger partial charge >= 0.3 is 5.63 Å². The van der Waals surface area contributed by atoms with Crippen LogP contribution in [0.4, 0.5) is 17.1 Å². The molecule has 10 heteroatoms. The van der Waals surface area contributed by atoms with Gasteiger partial charge in [0.2, 0.25) is 0 Å². The standard InChI is InChI=1S/C22H24N3O2.C17H21N3.2ClH/c1-5-25(6-2)16-12-11-15-13-17(22(26)27-20(15)14-16)21-23(3)18-9-7-8-10-19(18)24(21)4;1-19(2)15-9-5-13(6-10-15)17(18)14-7-11-16(12-8-14)20(3)4;;/h7-14H,5-6H2,1-4H3;5-12,18H,1-4H3;2*1H/q+1;;;/p-1. The number of fused-ring (bicyclic) bond motifs is 2. The quantitative estimate of drug-likeness (QED) is 0.146. The number of hydrogen-bond donors (Lipinski definition) is 1. The molecule has 258 valence electrons. The lowest BCUT2D eigenvalue weighted by atomic mass is 10.0. The van der Waals surface area contributed by atoms with Crippen LogP contribution in [0.1, 0.15) is 25.0 Å². The fraction of sp³-hybridized carbons (Fsp3) is 0.256. The van der Waals surface area contributed by atoms with E-state index < -0.39 is 0 Å². The lowest BCUT2D eigenvalue weighted by molar-refractivity contribution is -0.634. The van der Waals surface area contributed by atoms with Gasteiger partial charge in [-0.25, -0.2) is 13.9 Å². The minimum Gasteiger partial charge on any atom is -1.00 e. The Morgan fingerprint density at radius 3 is 1.78 bits per heavy atom. The van der Waals surface area contributed by atoms with E-state index in [-0.39, 0.29) is 30.4 Å². The summed E-state index contributed by atoms with van der Waals surface area (Å²) in [6.45, 7) is 6.06. The maximum absolute atomic E-state index is 12.8. The van der Waals surface area contributed by atoms with Crippen molar-refractivity contribution in [2.45, 2.75) is 13.8 Å². The highest BCUT2D eigenvalue weighted by molar-refractivity contribution is 6.11.